The third-order valence-corrected chi connectivity index (χ3v) is 7.05. The number of hydrogen-bond donors (Lipinski definition) is 0. The van der Waals surface area contributed by atoms with E-state index < -0.39 is 0 Å². The minimum atomic E-state index is -0.193. The van der Waals surface area contributed by atoms with E-state index >= 15 is 0 Å². The lowest BCUT2D eigenvalue weighted by molar-refractivity contribution is -0.121. The number of carbonyl (C=O) groups is 2. The van der Waals surface area contributed by atoms with Crippen LogP contribution in [0, 0.1) is 23.2 Å². The Bertz CT molecular complexity index is 830. The molecule has 0 aromatic heterocycles. The van der Waals surface area contributed by atoms with Crippen LogP contribution in [0.25, 0.3) is 0 Å². The number of anilines is 1. The van der Waals surface area contributed by atoms with Crippen molar-refractivity contribution in [3.63, 3.8) is 0 Å². The average Bonchev–Trinajstić information content (AvgIpc) is 3.36. The van der Waals surface area contributed by atoms with Gasteiger partial charge in [0.15, 0.2) is 0 Å². The molecule has 1 aromatic carbocycles. The number of benzene rings is 1. The summed E-state index contributed by atoms with van der Waals surface area (Å²) >= 11 is 0. The van der Waals surface area contributed by atoms with Gasteiger partial charge in [-0.2, -0.15) is 0 Å². The number of amides is 3. The molecular weight excluding hydrogens is 264 g/mol. The number of fused-ring (bicyclic) bond motifs is 1. The number of urea groups is 1. The van der Waals surface area contributed by atoms with Crippen molar-refractivity contribution < 1.29 is 9.59 Å². The van der Waals surface area contributed by atoms with Gasteiger partial charge in [-0.15, -0.1) is 0 Å². The average molecular weight is 276 g/mol. The monoisotopic (exact) mass is 276 g/mol. The maximum Gasteiger partial charge on any atom is 0.332 e. The van der Waals surface area contributed by atoms with Crippen LogP contribution in [-0.4, -0.2) is 28.4 Å². The highest BCUT2D eigenvalue weighted by molar-refractivity contribution is 6.23. The molecule has 1 aromatic rings. The molecule has 4 nitrogen and oxygen atoms in total. The van der Waals surface area contributed by atoms with E-state index in [1.807, 2.05) is 35.2 Å². The molecule has 1 unspecified atom stereocenters. The van der Waals surface area contributed by atoms with Crippen molar-refractivity contribution in [3.8, 4) is 0 Å². The fraction of sp³-hybridized carbons (Fsp3) is 0.412. The van der Waals surface area contributed by atoms with Gasteiger partial charge >= 0.3 is 6.03 Å². The lowest BCUT2D eigenvalue weighted by atomic mass is 9.98. The predicted octanol–water partition coefficient (Wildman–Crippen LogP) is 1.78. The molecular formula is C17H12N2O2. The number of hydrogen-bond acceptors (Lipinski definition) is 2. The highest BCUT2D eigenvalue weighted by Gasteiger charge is 3.08. The van der Waals surface area contributed by atoms with Crippen molar-refractivity contribution in [1.82, 2.24) is 4.90 Å². The molecule has 3 amide bonds. The van der Waals surface area contributed by atoms with Gasteiger partial charge in [-0.05, 0) is 30.0 Å². The second-order valence-corrected chi connectivity index (χ2v) is 7.28. The smallest absolute Gasteiger partial charge is 0.306 e. The van der Waals surface area contributed by atoms with E-state index in [1.165, 1.54) is 10.5 Å². The second kappa shape index (κ2) is 2.32. The van der Waals surface area contributed by atoms with Crippen LogP contribution >= 0.6 is 0 Å². The van der Waals surface area contributed by atoms with Crippen LogP contribution in [-0.2, 0) is 4.79 Å². The second-order valence-electron chi connectivity index (χ2n) is 7.28. The fourth-order valence-electron chi connectivity index (χ4n) is 6.42. The van der Waals surface area contributed by atoms with Gasteiger partial charge in [0.25, 0.3) is 0 Å². The third kappa shape index (κ3) is 0.628. The molecule has 6 fully saturated rings. The summed E-state index contributed by atoms with van der Waals surface area (Å²) in [5, 5.41) is 0. The fourth-order valence-corrected chi connectivity index (χ4v) is 6.42. The highest BCUT2D eigenvalue weighted by atomic mass is 16.2. The molecule has 2 spiro atoms. The molecule has 0 N–H and O–H groups in total. The molecule has 6 atom stereocenters. The first-order valence-electron chi connectivity index (χ1n) is 7.70. The Kier molecular flexibility index (Phi) is 1.08. The summed E-state index contributed by atoms with van der Waals surface area (Å²) in [6, 6.07) is 9.69. The van der Waals surface area contributed by atoms with Gasteiger partial charge in [0, 0.05) is 11.8 Å². The van der Waals surface area contributed by atoms with E-state index in [2.05, 4.69) is 6.08 Å². The summed E-state index contributed by atoms with van der Waals surface area (Å²) in [4.78, 5) is 29.5. The van der Waals surface area contributed by atoms with Gasteiger partial charge in [0.05, 0.1) is 22.7 Å². The molecule has 0 radical (unpaired) electrons. The zero-order chi connectivity index (χ0) is 13.7. The molecule has 2 saturated heterocycles. The first-order valence-corrected chi connectivity index (χ1v) is 7.70. The van der Waals surface area contributed by atoms with Crippen LogP contribution in [0.15, 0.2) is 42.0 Å². The Morgan fingerprint density at radius 2 is 1.95 bits per heavy atom. The Hall–Kier alpha value is -2.10. The lowest BCUT2D eigenvalue weighted by Crippen LogP contribution is -2.44. The van der Waals surface area contributed by atoms with Crippen molar-refractivity contribution in [3.05, 3.63) is 42.0 Å². The van der Waals surface area contributed by atoms with E-state index in [9.17, 15) is 9.59 Å². The molecule has 4 saturated carbocycles. The quantitative estimate of drug-likeness (QED) is 0.579. The van der Waals surface area contributed by atoms with Gasteiger partial charge in [-0.25, -0.2) is 9.69 Å². The number of rotatable bonds is 1. The summed E-state index contributed by atoms with van der Waals surface area (Å²) in [7, 11) is 0. The molecule has 5 aliphatic carbocycles. The van der Waals surface area contributed by atoms with Crippen LogP contribution in [0.1, 0.15) is 6.42 Å². The maximum absolute atomic E-state index is 13.1. The van der Waals surface area contributed by atoms with E-state index in [1.54, 1.807) is 0 Å². The molecule has 4 bridgehead atoms. The summed E-state index contributed by atoms with van der Waals surface area (Å²) in [6.07, 6.45) is 3.32. The van der Waals surface area contributed by atoms with Gasteiger partial charge in [0.2, 0.25) is 5.91 Å². The van der Waals surface area contributed by atoms with Crippen LogP contribution in [0.2, 0.25) is 0 Å². The van der Waals surface area contributed by atoms with Crippen molar-refractivity contribution in [1.29, 1.82) is 0 Å². The number of imide groups is 1. The van der Waals surface area contributed by atoms with E-state index in [-0.39, 0.29) is 22.9 Å². The van der Waals surface area contributed by atoms with Crippen molar-refractivity contribution >= 4 is 17.6 Å². The van der Waals surface area contributed by atoms with Crippen molar-refractivity contribution in [2.75, 3.05) is 4.90 Å². The summed E-state index contributed by atoms with van der Waals surface area (Å²) in [5.41, 5.74) is 1.95. The number of carbonyl (C=O) groups excluding carboxylic acids is 2. The largest absolute Gasteiger partial charge is 0.332 e. The minimum Gasteiger partial charge on any atom is -0.306 e. The molecule has 8 rings (SSSR count). The Balaban J connectivity index is 1.49. The van der Waals surface area contributed by atoms with Crippen molar-refractivity contribution in [2.24, 2.45) is 23.2 Å². The van der Waals surface area contributed by atoms with E-state index in [0.717, 1.165) is 12.1 Å². The van der Waals surface area contributed by atoms with Crippen LogP contribution < -0.4 is 4.90 Å². The lowest BCUT2D eigenvalue weighted by Gasteiger charge is -2.25. The Morgan fingerprint density at radius 3 is 2.76 bits per heavy atom. The minimum absolute atomic E-state index is 0.0222. The zero-order valence-electron chi connectivity index (χ0n) is 11.2. The highest BCUT2D eigenvalue weighted by Crippen LogP contribution is 3.01. The third-order valence-electron chi connectivity index (χ3n) is 7.05. The van der Waals surface area contributed by atoms with Crippen molar-refractivity contribution in [2.45, 2.75) is 18.0 Å². The first kappa shape index (κ1) is 9.77. The zero-order valence-corrected chi connectivity index (χ0v) is 11.2. The molecule has 102 valence electrons. The topological polar surface area (TPSA) is 40.4 Å². The summed E-state index contributed by atoms with van der Waals surface area (Å²) in [6.45, 7) is 0. The Morgan fingerprint density at radius 1 is 1.14 bits per heavy atom. The van der Waals surface area contributed by atoms with E-state index in [4.69, 9.17) is 0 Å². The molecule has 4 heteroatoms. The van der Waals surface area contributed by atoms with Gasteiger partial charge < -0.3 is 4.90 Å². The standard InChI is InChI=1S/C17H12N2O2/c20-14-16-11-9-6-7-10-17(9,13(16)12(11)16)19(10)15(21)18(14)8-4-2-1-3-5-8/h1-6,10-13H,7H2/t10-,11-,12-,13+,16?,17+,19?/m0/s1. The van der Waals surface area contributed by atoms with Gasteiger partial charge in [0.1, 0.15) is 0 Å². The molecule has 2 heterocycles. The molecule has 7 aliphatic rings. The Labute approximate surface area is 121 Å². The van der Waals surface area contributed by atoms with Crippen LogP contribution in [0.3, 0.4) is 0 Å². The SMILES string of the molecule is O=C1N(c2ccccc2)C(=O)C23[C@@H]4[C@H]2[C@@]25C(=CC[C@@H]2N15)[C@@H]43. The summed E-state index contributed by atoms with van der Waals surface area (Å²) in [5.74, 6) is 1.51. The number of nitrogens with zero attached hydrogens (tertiary/aromatic N) is 2. The van der Waals surface area contributed by atoms with Gasteiger partial charge in [-0.3, -0.25) is 4.79 Å². The normalized spacial score (nSPS) is 52.3. The molecule has 21 heavy (non-hydrogen) atoms. The van der Waals surface area contributed by atoms with E-state index in [0.29, 0.717) is 23.8 Å². The van der Waals surface area contributed by atoms with Crippen LogP contribution in [0.4, 0.5) is 10.5 Å². The molecule has 2 aliphatic heterocycles. The number of para-hydroxylation sites is 1. The first-order chi connectivity index (χ1) is 10.3. The summed E-state index contributed by atoms with van der Waals surface area (Å²) < 4.78 is 0. The van der Waals surface area contributed by atoms with Crippen LogP contribution in [0.5, 0.6) is 0 Å². The van der Waals surface area contributed by atoms with Gasteiger partial charge in [-0.1, -0.05) is 24.3 Å². The predicted molar refractivity (Wildman–Crippen MR) is 73.3 cm³/mol. The maximum atomic E-state index is 13.1.